The molecule has 0 saturated carbocycles. The minimum atomic E-state index is -4.34. The Morgan fingerprint density at radius 2 is 2.00 bits per heavy atom. The summed E-state index contributed by atoms with van der Waals surface area (Å²) in [6, 6.07) is 0. The van der Waals surface area contributed by atoms with Crippen LogP contribution in [0.1, 0.15) is 0 Å². The van der Waals surface area contributed by atoms with Gasteiger partial charge >= 0.3 is 6.18 Å². The summed E-state index contributed by atoms with van der Waals surface area (Å²) in [5.74, 6) is -0.204. The molecule has 0 aromatic carbocycles. The molecule has 7 nitrogen and oxygen atoms in total. The van der Waals surface area contributed by atoms with E-state index >= 15 is 0 Å². The van der Waals surface area contributed by atoms with Gasteiger partial charge in [-0.25, -0.2) is 4.68 Å². The normalized spacial score (nSPS) is 12.3. The Labute approximate surface area is 111 Å². The van der Waals surface area contributed by atoms with Crippen molar-refractivity contribution in [3.05, 3.63) is 0 Å². The van der Waals surface area contributed by atoms with E-state index in [1.165, 1.54) is 18.9 Å². The summed E-state index contributed by atoms with van der Waals surface area (Å²) in [5, 5.41) is 11.1. The number of aromatic nitrogens is 4. The monoisotopic (exact) mass is 302 g/mol. The van der Waals surface area contributed by atoms with E-state index in [2.05, 4.69) is 20.3 Å². The van der Waals surface area contributed by atoms with E-state index in [-0.39, 0.29) is 12.5 Å². The summed E-state index contributed by atoms with van der Waals surface area (Å²) in [6.45, 7) is -1.08. The van der Waals surface area contributed by atoms with E-state index in [1.54, 1.807) is 0 Å². The number of thioether (sulfide) groups is 1. The molecule has 0 atom stereocenters. The molecule has 110 valence electrons. The molecule has 0 saturated heterocycles. The molecule has 0 unspecified atom stereocenters. The lowest BCUT2D eigenvalue weighted by Crippen LogP contribution is -2.22. The van der Waals surface area contributed by atoms with Gasteiger partial charge in [0.05, 0.1) is 6.54 Å². The number of hydrogen-bond donors (Lipinski definition) is 0. The molecular formula is C8H13F3N4O3S. The fourth-order valence-corrected chi connectivity index (χ4v) is 1.68. The van der Waals surface area contributed by atoms with Crippen molar-refractivity contribution in [2.24, 2.45) is 0 Å². The van der Waals surface area contributed by atoms with Crippen molar-refractivity contribution < 1.29 is 27.4 Å². The molecule has 0 N–H and O–H groups in total. The lowest BCUT2D eigenvalue weighted by atomic mass is 10.6. The predicted molar refractivity (Wildman–Crippen MR) is 58.4 cm³/mol. The number of hydrogen-bond acceptors (Lipinski definition) is 7. The van der Waals surface area contributed by atoms with Gasteiger partial charge in [-0.2, -0.15) is 13.2 Å². The maximum absolute atomic E-state index is 11.9. The van der Waals surface area contributed by atoms with E-state index in [0.29, 0.717) is 5.16 Å². The van der Waals surface area contributed by atoms with Crippen LogP contribution in [0, 0.1) is 0 Å². The Balaban J connectivity index is 2.40. The van der Waals surface area contributed by atoms with Crippen LogP contribution in [0.15, 0.2) is 5.16 Å². The van der Waals surface area contributed by atoms with E-state index in [9.17, 15) is 13.2 Å². The molecule has 1 rings (SSSR count). The molecule has 0 amide bonds. The Bertz CT molecular complexity index is 372. The standard InChI is InChI=1S/C8H13F3N4O3S/c1-16-6(17-2)3-15-7(12-13-14-15)19-5-18-4-8(9,10)11/h6H,3-5H2,1-2H3. The largest absolute Gasteiger partial charge is 0.411 e. The second-order valence-corrected chi connectivity index (χ2v) is 4.16. The topological polar surface area (TPSA) is 71.3 Å². The van der Waals surface area contributed by atoms with Crippen molar-refractivity contribution >= 4 is 11.8 Å². The number of ether oxygens (including phenoxy) is 3. The molecular weight excluding hydrogens is 289 g/mol. The minimum absolute atomic E-state index is 0.204. The van der Waals surface area contributed by atoms with Gasteiger partial charge in [0.15, 0.2) is 6.29 Å². The lowest BCUT2D eigenvalue weighted by molar-refractivity contribution is -0.168. The zero-order valence-electron chi connectivity index (χ0n) is 10.3. The van der Waals surface area contributed by atoms with Crippen molar-refractivity contribution in [3.8, 4) is 0 Å². The van der Waals surface area contributed by atoms with Crippen LogP contribution >= 0.6 is 11.8 Å². The Hall–Kier alpha value is -0.910. The zero-order chi connectivity index (χ0) is 14.3. The number of halogens is 3. The number of methoxy groups -OCH3 is 2. The van der Waals surface area contributed by atoms with Gasteiger partial charge in [-0.3, -0.25) is 0 Å². The van der Waals surface area contributed by atoms with Crippen LogP contribution in [0.2, 0.25) is 0 Å². The van der Waals surface area contributed by atoms with Crippen LogP contribution in [0.3, 0.4) is 0 Å². The molecule has 1 heterocycles. The first-order valence-corrected chi connectivity index (χ1v) is 6.04. The lowest BCUT2D eigenvalue weighted by Gasteiger charge is -2.13. The van der Waals surface area contributed by atoms with Crippen LogP contribution < -0.4 is 0 Å². The molecule has 0 spiro atoms. The predicted octanol–water partition coefficient (Wildman–Crippen LogP) is 0.920. The molecule has 0 bridgehead atoms. The number of tetrazole rings is 1. The molecule has 0 radical (unpaired) electrons. The van der Waals surface area contributed by atoms with Crippen LogP contribution in [0.4, 0.5) is 13.2 Å². The summed E-state index contributed by atoms with van der Waals surface area (Å²) >= 11 is 0.951. The van der Waals surface area contributed by atoms with Crippen molar-refractivity contribution in [3.63, 3.8) is 0 Å². The van der Waals surface area contributed by atoms with Crippen molar-refractivity contribution in [1.29, 1.82) is 0 Å². The van der Waals surface area contributed by atoms with E-state index in [4.69, 9.17) is 9.47 Å². The Kier molecular flexibility index (Phi) is 6.48. The van der Waals surface area contributed by atoms with Crippen LogP contribution in [0.5, 0.6) is 0 Å². The van der Waals surface area contributed by atoms with Crippen LogP contribution in [0.25, 0.3) is 0 Å². The van der Waals surface area contributed by atoms with Crippen LogP contribution in [-0.4, -0.2) is 59.4 Å². The van der Waals surface area contributed by atoms with Gasteiger partial charge in [0.2, 0.25) is 5.16 Å². The quantitative estimate of drug-likeness (QED) is 0.402. The third-order valence-electron chi connectivity index (χ3n) is 1.88. The Morgan fingerprint density at radius 3 is 2.58 bits per heavy atom. The number of rotatable bonds is 8. The van der Waals surface area contributed by atoms with Crippen molar-refractivity contribution in [2.45, 2.75) is 24.2 Å². The molecule has 1 aromatic heterocycles. The molecule has 1 aromatic rings. The van der Waals surface area contributed by atoms with Gasteiger partial charge < -0.3 is 14.2 Å². The molecule has 11 heteroatoms. The third-order valence-corrected chi connectivity index (χ3v) is 2.72. The van der Waals surface area contributed by atoms with Gasteiger partial charge in [0.25, 0.3) is 0 Å². The van der Waals surface area contributed by atoms with E-state index in [1.807, 2.05) is 0 Å². The molecule has 0 aliphatic heterocycles. The summed E-state index contributed by atoms with van der Waals surface area (Å²) in [4.78, 5) is 0. The summed E-state index contributed by atoms with van der Waals surface area (Å²) < 4.78 is 51.3. The molecule has 0 aliphatic rings. The van der Waals surface area contributed by atoms with Gasteiger partial charge in [0, 0.05) is 14.2 Å². The van der Waals surface area contributed by atoms with Gasteiger partial charge in [0.1, 0.15) is 12.5 Å². The molecule has 19 heavy (non-hydrogen) atoms. The first kappa shape index (κ1) is 16.1. The molecule has 0 fully saturated rings. The summed E-state index contributed by atoms with van der Waals surface area (Å²) in [7, 11) is 2.91. The fourth-order valence-electron chi connectivity index (χ4n) is 1.05. The average molecular weight is 302 g/mol. The first-order valence-electron chi connectivity index (χ1n) is 5.05. The molecule has 0 aliphatic carbocycles. The highest BCUT2D eigenvalue weighted by Crippen LogP contribution is 2.18. The maximum Gasteiger partial charge on any atom is 0.411 e. The van der Waals surface area contributed by atoms with E-state index < -0.39 is 19.1 Å². The van der Waals surface area contributed by atoms with Gasteiger partial charge in [-0.1, -0.05) is 11.8 Å². The van der Waals surface area contributed by atoms with Gasteiger partial charge in [-0.15, -0.1) is 5.10 Å². The van der Waals surface area contributed by atoms with Crippen molar-refractivity contribution in [2.75, 3.05) is 26.8 Å². The zero-order valence-corrected chi connectivity index (χ0v) is 11.1. The Morgan fingerprint density at radius 1 is 1.32 bits per heavy atom. The SMILES string of the molecule is COC(Cn1nnnc1SCOCC(F)(F)F)OC. The highest BCUT2D eigenvalue weighted by Gasteiger charge is 2.27. The second-order valence-electron chi connectivity index (χ2n) is 3.27. The van der Waals surface area contributed by atoms with E-state index in [0.717, 1.165) is 11.8 Å². The maximum atomic E-state index is 11.9. The summed E-state index contributed by atoms with van der Waals surface area (Å²) in [5.41, 5.74) is 0. The average Bonchev–Trinajstić information content (AvgIpc) is 2.78. The highest BCUT2D eigenvalue weighted by atomic mass is 32.2. The number of nitrogens with zero attached hydrogens (tertiary/aromatic N) is 4. The summed E-state index contributed by atoms with van der Waals surface area (Å²) in [6.07, 6.45) is -4.89. The fraction of sp³-hybridized carbons (Fsp3) is 0.875. The highest BCUT2D eigenvalue weighted by molar-refractivity contribution is 7.99. The first-order chi connectivity index (χ1) is 8.96. The van der Waals surface area contributed by atoms with Crippen molar-refractivity contribution in [1.82, 2.24) is 20.2 Å². The number of alkyl halides is 3. The second kappa shape index (κ2) is 7.62. The third kappa shape index (κ3) is 6.18. The smallest absolute Gasteiger partial charge is 0.361 e. The minimum Gasteiger partial charge on any atom is -0.361 e. The van der Waals surface area contributed by atoms with Gasteiger partial charge in [-0.05, 0) is 10.4 Å². The van der Waals surface area contributed by atoms with Crippen LogP contribution in [-0.2, 0) is 20.8 Å².